The molecule has 2 aromatic rings. The van der Waals surface area contributed by atoms with Gasteiger partial charge < -0.3 is 4.74 Å². The van der Waals surface area contributed by atoms with Gasteiger partial charge in [0.1, 0.15) is 5.75 Å². The molecular formula is C19H20N2O3S. The summed E-state index contributed by atoms with van der Waals surface area (Å²) in [7, 11) is 0. The van der Waals surface area contributed by atoms with E-state index in [4.69, 9.17) is 4.74 Å². The van der Waals surface area contributed by atoms with Crippen LogP contribution in [0.1, 0.15) is 23.6 Å². The van der Waals surface area contributed by atoms with Crippen LogP contribution in [-0.4, -0.2) is 28.0 Å². The molecular weight excluding hydrogens is 336 g/mol. The third-order valence-corrected chi connectivity index (χ3v) is 5.01. The summed E-state index contributed by atoms with van der Waals surface area (Å²) >= 11 is 1.05. The van der Waals surface area contributed by atoms with Crippen molar-refractivity contribution in [2.45, 2.75) is 31.4 Å². The summed E-state index contributed by atoms with van der Waals surface area (Å²) in [4.78, 5) is 27.0. The van der Waals surface area contributed by atoms with Crippen molar-refractivity contribution in [3.05, 3.63) is 59.4 Å². The second-order valence-corrected chi connectivity index (χ2v) is 7.06. The topological polar surface area (TPSA) is 68.3 Å². The Balaban J connectivity index is 1.49. The number of nitrogens with one attached hydrogen (secondary N) is 1. The molecule has 130 valence electrons. The largest absolute Gasteiger partial charge is 0.493 e. The number of benzene rings is 1. The van der Waals surface area contributed by atoms with E-state index in [1.54, 1.807) is 0 Å². The van der Waals surface area contributed by atoms with Crippen molar-refractivity contribution in [1.82, 2.24) is 10.3 Å². The molecule has 5 nitrogen and oxygen atoms in total. The minimum atomic E-state index is -0.336. The lowest BCUT2D eigenvalue weighted by molar-refractivity contribution is -0.118. The molecule has 1 aliphatic heterocycles. The Morgan fingerprint density at radius 2 is 1.88 bits per heavy atom. The lowest BCUT2D eigenvalue weighted by Gasteiger charge is -2.09. The summed E-state index contributed by atoms with van der Waals surface area (Å²) in [6.07, 6.45) is 6.09. The molecule has 1 unspecified atom stereocenters. The first-order valence-electron chi connectivity index (χ1n) is 8.30. The maximum Gasteiger partial charge on any atom is 0.286 e. The molecule has 0 aliphatic carbocycles. The zero-order chi connectivity index (χ0) is 17.6. The molecule has 1 atom stereocenters. The fraction of sp³-hybridized carbons (Fsp3) is 0.316. The molecule has 2 amide bonds. The van der Waals surface area contributed by atoms with Crippen LogP contribution in [0.5, 0.6) is 5.75 Å². The smallest absolute Gasteiger partial charge is 0.286 e. The standard InChI is InChI=1S/C19H20N2O3S/c1-2-13-9-15(12-20-11-13)7-8-24-16-5-3-14(4-6-16)10-17-18(22)21-19(23)25-17/h3-6,9,11-12,17H,2,7-8,10H2,1H3,(H,21,22,23). The minimum absolute atomic E-state index is 0.210. The third-order valence-electron chi connectivity index (χ3n) is 4.03. The second-order valence-electron chi connectivity index (χ2n) is 5.88. The number of pyridine rings is 1. The van der Waals surface area contributed by atoms with Gasteiger partial charge in [0.15, 0.2) is 0 Å². The third kappa shape index (κ3) is 4.82. The van der Waals surface area contributed by atoms with E-state index in [2.05, 4.69) is 23.3 Å². The Hall–Kier alpha value is -2.34. The van der Waals surface area contributed by atoms with E-state index in [0.717, 1.165) is 35.9 Å². The van der Waals surface area contributed by atoms with Gasteiger partial charge in [-0.2, -0.15) is 0 Å². The van der Waals surface area contributed by atoms with Crippen LogP contribution in [-0.2, 0) is 24.1 Å². The lowest BCUT2D eigenvalue weighted by Crippen LogP contribution is -2.25. The average Bonchev–Trinajstić information content (AvgIpc) is 2.94. The highest BCUT2D eigenvalue weighted by Gasteiger charge is 2.31. The van der Waals surface area contributed by atoms with Gasteiger partial charge >= 0.3 is 0 Å². The fourth-order valence-electron chi connectivity index (χ4n) is 2.62. The lowest BCUT2D eigenvalue weighted by atomic mass is 10.1. The highest BCUT2D eigenvalue weighted by Crippen LogP contribution is 2.23. The number of ether oxygens (including phenoxy) is 1. The van der Waals surface area contributed by atoms with Crippen molar-refractivity contribution in [2.24, 2.45) is 0 Å². The summed E-state index contributed by atoms with van der Waals surface area (Å²) in [5.74, 6) is 0.584. The van der Waals surface area contributed by atoms with Gasteiger partial charge in [0.25, 0.3) is 5.24 Å². The molecule has 0 saturated carbocycles. The van der Waals surface area contributed by atoms with Crippen molar-refractivity contribution in [3.8, 4) is 5.75 Å². The van der Waals surface area contributed by atoms with E-state index in [9.17, 15) is 9.59 Å². The number of carbonyl (C=O) groups is 2. The number of nitrogens with zero attached hydrogens (tertiary/aromatic N) is 1. The highest BCUT2D eigenvalue weighted by molar-refractivity contribution is 8.15. The summed E-state index contributed by atoms with van der Waals surface area (Å²) in [6.45, 7) is 2.70. The summed E-state index contributed by atoms with van der Waals surface area (Å²) in [5.41, 5.74) is 3.41. The van der Waals surface area contributed by atoms with Crippen molar-refractivity contribution in [2.75, 3.05) is 6.61 Å². The molecule has 1 saturated heterocycles. The minimum Gasteiger partial charge on any atom is -0.493 e. The van der Waals surface area contributed by atoms with Crippen LogP contribution in [0.3, 0.4) is 0 Å². The number of thioether (sulfide) groups is 1. The van der Waals surface area contributed by atoms with Crippen LogP contribution in [0.25, 0.3) is 0 Å². The highest BCUT2D eigenvalue weighted by atomic mass is 32.2. The van der Waals surface area contributed by atoms with Crippen LogP contribution >= 0.6 is 11.8 Å². The first-order valence-corrected chi connectivity index (χ1v) is 9.18. The Morgan fingerprint density at radius 1 is 1.12 bits per heavy atom. The summed E-state index contributed by atoms with van der Waals surface area (Å²) in [5, 5.41) is 1.70. The monoisotopic (exact) mass is 356 g/mol. The van der Waals surface area contributed by atoms with Crippen molar-refractivity contribution < 1.29 is 14.3 Å². The second kappa shape index (κ2) is 8.16. The van der Waals surface area contributed by atoms with Gasteiger partial charge in [-0.15, -0.1) is 0 Å². The molecule has 1 N–H and O–H groups in total. The van der Waals surface area contributed by atoms with Gasteiger partial charge in [0, 0.05) is 18.8 Å². The predicted octanol–water partition coefficient (Wildman–Crippen LogP) is 3.16. The fourth-order valence-corrected chi connectivity index (χ4v) is 3.48. The normalized spacial score (nSPS) is 16.8. The Labute approximate surface area is 151 Å². The van der Waals surface area contributed by atoms with Crippen LogP contribution < -0.4 is 10.1 Å². The van der Waals surface area contributed by atoms with Crippen LogP contribution in [0.15, 0.2) is 42.7 Å². The van der Waals surface area contributed by atoms with Crippen molar-refractivity contribution in [3.63, 3.8) is 0 Å². The van der Waals surface area contributed by atoms with E-state index in [-0.39, 0.29) is 16.4 Å². The van der Waals surface area contributed by atoms with Gasteiger partial charge in [-0.25, -0.2) is 0 Å². The van der Waals surface area contributed by atoms with Gasteiger partial charge in [-0.3, -0.25) is 19.9 Å². The van der Waals surface area contributed by atoms with Gasteiger partial charge in [0.2, 0.25) is 5.91 Å². The molecule has 2 heterocycles. The van der Waals surface area contributed by atoms with Crippen LogP contribution in [0.4, 0.5) is 4.79 Å². The number of amides is 2. The Bertz CT molecular complexity index is 762. The number of imide groups is 1. The van der Waals surface area contributed by atoms with Crippen LogP contribution in [0.2, 0.25) is 0 Å². The van der Waals surface area contributed by atoms with E-state index < -0.39 is 0 Å². The van der Waals surface area contributed by atoms with Gasteiger partial charge in [-0.05, 0) is 41.7 Å². The maximum absolute atomic E-state index is 11.6. The molecule has 0 spiro atoms. The van der Waals surface area contributed by atoms with Crippen molar-refractivity contribution >= 4 is 22.9 Å². The van der Waals surface area contributed by atoms with Gasteiger partial charge in [-0.1, -0.05) is 36.9 Å². The van der Waals surface area contributed by atoms with E-state index >= 15 is 0 Å². The number of aryl methyl sites for hydroxylation is 1. The number of rotatable bonds is 7. The molecule has 1 aromatic carbocycles. The van der Waals surface area contributed by atoms with Gasteiger partial charge in [0.05, 0.1) is 11.9 Å². The Kier molecular flexibility index (Phi) is 5.71. The van der Waals surface area contributed by atoms with Crippen molar-refractivity contribution in [1.29, 1.82) is 0 Å². The molecule has 25 heavy (non-hydrogen) atoms. The zero-order valence-electron chi connectivity index (χ0n) is 14.0. The predicted molar refractivity (Wildman–Crippen MR) is 97.9 cm³/mol. The molecule has 0 radical (unpaired) electrons. The molecule has 1 aromatic heterocycles. The summed E-state index contributed by atoms with van der Waals surface area (Å²) in [6, 6.07) is 9.83. The first kappa shape index (κ1) is 17.5. The molecule has 1 fully saturated rings. The van der Waals surface area contributed by atoms with E-state index in [1.165, 1.54) is 11.1 Å². The quantitative estimate of drug-likeness (QED) is 0.825. The molecule has 0 bridgehead atoms. The maximum atomic E-state index is 11.6. The zero-order valence-corrected chi connectivity index (χ0v) is 14.8. The molecule has 3 rings (SSSR count). The number of aromatic nitrogens is 1. The van der Waals surface area contributed by atoms with E-state index in [0.29, 0.717) is 13.0 Å². The summed E-state index contributed by atoms with van der Waals surface area (Å²) < 4.78 is 5.78. The molecule has 6 heteroatoms. The average molecular weight is 356 g/mol. The number of hydrogen-bond donors (Lipinski definition) is 1. The Morgan fingerprint density at radius 3 is 2.56 bits per heavy atom. The number of hydrogen-bond acceptors (Lipinski definition) is 5. The first-order chi connectivity index (χ1) is 12.1. The SMILES string of the molecule is CCc1cncc(CCOc2ccc(CC3SC(=O)NC3=O)cc2)c1. The van der Waals surface area contributed by atoms with Crippen LogP contribution in [0, 0.1) is 0 Å². The van der Waals surface area contributed by atoms with E-state index in [1.807, 2.05) is 36.7 Å². The molecule has 1 aliphatic rings. The number of carbonyl (C=O) groups excluding carboxylic acids is 2.